The van der Waals surface area contributed by atoms with Gasteiger partial charge in [-0.05, 0) is 19.3 Å². The molecule has 0 fully saturated rings. The molecule has 4 heteroatoms. The molecule has 1 heterocycles. The number of aromatic nitrogens is 2. The summed E-state index contributed by atoms with van der Waals surface area (Å²) >= 11 is 6.23. The number of nitrogens with one attached hydrogen (secondary N) is 1. The van der Waals surface area contributed by atoms with E-state index in [1.54, 1.807) is 0 Å². The molecule has 1 rings (SSSR count). The Morgan fingerprint density at radius 1 is 1.05 bits per heavy atom. The van der Waals surface area contributed by atoms with Crippen molar-refractivity contribution in [2.24, 2.45) is 5.41 Å². The van der Waals surface area contributed by atoms with Crippen molar-refractivity contribution in [3.63, 3.8) is 0 Å². The Hall–Kier alpha value is -0.830. The fraction of sp³-hybridized carbons (Fsp3) is 0.733. The topological polar surface area (TPSA) is 37.8 Å². The number of hydrogen-bond acceptors (Lipinski definition) is 3. The minimum absolute atomic E-state index is 0.112. The van der Waals surface area contributed by atoms with Crippen LogP contribution in [0.3, 0.4) is 0 Å². The molecule has 0 aliphatic carbocycles. The van der Waals surface area contributed by atoms with Crippen molar-refractivity contribution in [2.45, 2.75) is 66.8 Å². The summed E-state index contributed by atoms with van der Waals surface area (Å²) in [5, 5.41) is 4.00. The van der Waals surface area contributed by atoms with Crippen molar-refractivity contribution < 1.29 is 0 Å². The maximum Gasteiger partial charge on any atom is 0.137 e. The molecule has 0 aliphatic heterocycles. The van der Waals surface area contributed by atoms with Gasteiger partial charge in [-0.25, -0.2) is 9.97 Å². The zero-order valence-electron chi connectivity index (χ0n) is 13.3. The maximum atomic E-state index is 6.23. The normalized spacial score (nSPS) is 14.4. The van der Waals surface area contributed by atoms with E-state index >= 15 is 0 Å². The van der Waals surface area contributed by atoms with Crippen LogP contribution in [0, 0.1) is 12.3 Å². The van der Waals surface area contributed by atoms with Crippen LogP contribution in [0.5, 0.6) is 0 Å². The van der Waals surface area contributed by atoms with E-state index in [4.69, 9.17) is 11.6 Å². The van der Waals surface area contributed by atoms with Gasteiger partial charge in [-0.15, -0.1) is 0 Å². The Labute approximate surface area is 122 Å². The monoisotopic (exact) mass is 283 g/mol. The molecule has 0 amide bonds. The lowest BCUT2D eigenvalue weighted by molar-refractivity contribution is 0.358. The summed E-state index contributed by atoms with van der Waals surface area (Å²) in [7, 11) is 0. The quantitative estimate of drug-likeness (QED) is 0.807. The predicted molar refractivity (Wildman–Crippen MR) is 83.0 cm³/mol. The van der Waals surface area contributed by atoms with E-state index in [0.29, 0.717) is 11.2 Å². The highest BCUT2D eigenvalue weighted by Crippen LogP contribution is 2.28. The van der Waals surface area contributed by atoms with E-state index in [9.17, 15) is 0 Å². The highest BCUT2D eigenvalue weighted by atomic mass is 35.5. The van der Waals surface area contributed by atoms with Gasteiger partial charge < -0.3 is 5.32 Å². The number of nitrogens with zero attached hydrogens (tertiary/aromatic N) is 2. The van der Waals surface area contributed by atoms with Gasteiger partial charge in [0.05, 0.1) is 0 Å². The molecule has 1 N–H and O–H groups in total. The van der Waals surface area contributed by atoms with E-state index in [1.165, 1.54) is 0 Å². The van der Waals surface area contributed by atoms with E-state index in [2.05, 4.69) is 63.8 Å². The molecule has 1 atom stereocenters. The first-order chi connectivity index (χ1) is 8.43. The summed E-state index contributed by atoms with van der Waals surface area (Å²) in [6.45, 7) is 17.0. The van der Waals surface area contributed by atoms with Gasteiger partial charge in [0.2, 0.25) is 0 Å². The Kier molecular flexibility index (Phi) is 4.51. The third-order valence-electron chi connectivity index (χ3n) is 3.41. The smallest absolute Gasteiger partial charge is 0.137 e. The van der Waals surface area contributed by atoms with Gasteiger partial charge in [0.25, 0.3) is 0 Å². The second kappa shape index (κ2) is 5.28. The predicted octanol–water partition coefficient (Wildman–Crippen LogP) is 4.58. The van der Waals surface area contributed by atoms with Crippen molar-refractivity contribution in [3.05, 3.63) is 16.5 Å². The number of hydrogen-bond donors (Lipinski definition) is 1. The highest BCUT2D eigenvalue weighted by Gasteiger charge is 2.24. The average molecular weight is 284 g/mol. The summed E-state index contributed by atoms with van der Waals surface area (Å²) in [5.41, 5.74) is 0.954. The fourth-order valence-corrected chi connectivity index (χ4v) is 1.56. The zero-order valence-corrected chi connectivity index (χ0v) is 14.1. The molecule has 0 aromatic carbocycles. The van der Waals surface area contributed by atoms with Crippen molar-refractivity contribution in [3.8, 4) is 0 Å². The highest BCUT2D eigenvalue weighted by molar-refractivity contribution is 6.30. The molecule has 0 saturated heterocycles. The van der Waals surface area contributed by atoms with Crippen LogP contribution in [0.15, 0.2) is 0 Å². The molecule has 0 bridgehead atoms. The Morgan fingerprint density at radius 3 is 2.00 bits per heavy atom. The average Bonchev–Trinajstić information content (AvgIpc) is 2.21. The molecule has 1 aromatic heterocycles. The molecule has 1 unspecified atom stereocenters. The van der Waals surface area contributed by atoms with Crippen molar-refractivity contribution >= 4 is 17.4 Å². The van der Waals surface area contributed by atoms with E-state index < -0.39 is 0 Å². The molecular formula is C15H26ClN3. The van der Waals surface area contributed by atoms with E-state index in [-0.39, 0.29) is 10.8 Å². The Bertz CT molecular complexity index is 456. The second-order valence-corrected chi connectivity index (χ2v) is 7.65. The molecule has 0 radical (unpaired) electrons. The maximum absolute atomic E-state index is 6.23. The number of rotatable bonds is 2. The van der Waals surface area contributed by atoms with Crippen LogP contribution >= 0.6 is 11.6 Å². The summed E-state index contributed by atoms with van der Waals surface area (Å²) in [6.07, 6.45) is 0. The van der Waals surface area contributed by atoms with Gasteiger partial charge >= 0.3 is 0 Å². The van der Waals surface area contributed by atoms with Gasteiger partial charge in [0.15, 0.2) is 0 Å². The van der Waals surface area contributed by atoms with E-state index in [1.807, 2.05) is 6.92 Å². The van der Waals surface area contributed by atoms with Crippen LogP contribution in [0.1, 0.15) is 59.9 Å². The van der Waals surface area contributed by atoms with Crippen LogP contribution < -0.4 is 5.32 Å². The minimum Gasteiger partial charge on any atom is -0.367 e. The van der Waals surface area contributed by atoms with Crippen LogP contribution in [0.25, 0.3) is 0 Å². The van der Waals surface area contributed by atoms with Crippen LogP contribution in [0.4, 0.5) is 5.82 Å². The number of anilines is 1. The van der Waals surface area contributed by atoms with E-state index in [0.717, 1.165) is 17.2 Å². The lowest BCUT2D eigenvalue weighted by Gasteiger charge is -2.30. The first-order valence-corrected chi connectivity index (χ1v) is 7.12. The first-order valence-electron chi connectivity index (χ1n) is 6.74. The molecule has 108 valence electrons. The lowest BCUT2D eigenvalue weighted by Crippen LogP contribution is -2.32. The second-order valence-electron chi connectivity index (χ2n) is 7.29. The molecule has 3 nitrogen and oxygen atoms in total. The lowest BCUT2D eigenvalue weighted by atomic mass is 9.88. The summed E-state index contributed by atoms with van der Waals surface area (Å²) in [4.78, 5) is 9.04. The van der Waals surface area contributed by atoms with Gasteiger partial charge in [0.1, 0.15) is 16.8 Å². The molecule has 0 saturated carbocycles. The molecule has 0 spiro atoms. The zero-order chi connectivity index (χ0) is 15.0. The Morgan fingerprint density at radius 2 is 1.58 bits per heavy atom. The summed E-state index contributed by atoms with van der Waals surface area (Å²) < 4.78 is 0. The third kappa shape index (κ3) is 4.07. The SMILES string of the molecule is Cc1c(Cl)nc(C(C)(C)C)nc1NC(C)C(C)(C)C. The molecule has 19 heavy (non-hydrogen) atoms. The molecule has 1 aromatic rings. The first kappa shape index (κ1) is 16.2. The fourth-order valence-electron chi connectivity index (χ4n) is 1.39. The van der Waals surface area contributed by atoms with Crippen LogP contribution in [-0.4, -0.2) is 16.0 Å². The van der Waals surface area contributed by atoms with Gasteiger partial charge in [0, 0.05) is 17.0 Å². The van der Waals surface area contributed by atoms with Gasteiger partial charge in [-0.3, -0.25) is 0 Å². The van der Waals surface area contributed by atoms with Gasteiger partial charge in [-0.2, -0.15) is 0 Å². The van der Waals surface area contributed by atoms with Crippen molar-refractivity contribution in [2.75, 3.05) is 5.32 Å². The standard InChI is InChI=1S/C15H26ClN3/c1-9-11(16)18-13(15(6,7)8)19-12(9)17-10(2)14(3,4)5/h10H,1-8H3,(H,17,18,19). The molecule has 0 aliphatic rings. The van der Waals surface area contributed by atoms with Crippen LogP contribution in [0.2, 0.25) is 5.15 Å². The third-order valence-corrected chi connectivity index (χ3v) is 3.78. The minimum atomic E-state index is -0.112. The van der Waals surface area contributed by atoms with Crippen LogP contribution in [-0.2, 0) is 5.41 Å². The van der Waals surface area contributed by atoms with Crippen molar-refractivity contribution in [1.29, 1.82) is 0 Å². The number of halogens is 1. The largest absolute Gasteiger partial charge is 0.367 e. The van der Waals surface area contributed by atoms with Crippen molar-refractivity contribution in [1.82, 2.24) is 9.97 Å². The molecular weight excluding hydrogens is 258 g/mol. The van der Waals surface area contributed by atoms with Gasteiger partial charge in [-0.1, -0.05) is 53.1 Å². The Balaban J connectivity index is 3.17. The summed E-state index contributed by atoms with van der Waals surface area (Å²) in [5.74, 6) is 1.61. The summed E-state index contributed by atoms with van der Waals surface area (Å²) in [6, 6.07) is 0.296.